The third-order valence-electron chi connectivity index (χ3n) is 4.78. The highest BCUT2D eigenvalue weighted by Gasteiger charge is 2.41. The Morgan fingerprint density at radius 2 is 2.00 bits per heavy atom. The van der Waals surface area contributed by atoms with Crippen LogP contribution in [0.3, 0.4) is 0 Å². The molecule has 1 saturated heterocycles. The quantitative estimate of drug-likeness (QED) is 0.712. The van der Waals surface area contributed by atoms with Crippen molar-refractivity contribution in [2.24, 2.45) is 5.92 Å². The third-order valence-corrected chi connectivity index (χ3v) is 4.78. The van der Waals surface area contributed by atoms with Crippen molar-refractivity contribution in [2.45, 2.75) is 5.92 Å². The Morgan fingerprint density at radius 3 is 2.70 bits per heavy atom. The number of hydrogen-bond donors (Lipinski definition) is 2. The van der Waals surface area contributed by atoms with E-state index in [0.29, 0.717) is 23.5 Å². The zero-order valence-corrected chi connectivity index (χ0v) is 14.2. The van der Waals surface area contributed by atoms with E-state index in [4.69, 9.17) is 0 Å². The number of H-pyrrole nitrogens is 1. The molecule has 3 heterocycles. The minimum absolute atomic E-state index is 0.133. The molecule has 1 fully saturated rings. The van der Waals surface area contributed by atoms with Gasteiger partial charge in [-0.25, -0.2) is 0 Å². The normalized spacial score (nSPS) is 19.2. The van der Waals surface area contributed by atoms with Gasteiger partial charge in [0.05, 0.1) is 11.5 Å². The van der Waals surface area contributed by atoms with Crippen LogP contribution < -0.4 is 0 Å². The number of hydrogen-bond acceptors (Lipinski definition) is 6. The van der Waals surface area contributed by atoms with Crippen LogP contribution >= 0.6 is 0 Å². The maximum atomic E-state index is 13.1. The SMILES string of the molecule is O=C(O)[C@@H]1CN(C(=O)c2ccccc2-c2nn[nH]n2)C[C@H]1c1cccnc1. The number of aromatic nitrogens is 5. The van der Waals surface area contributed by atoms with Gasteiger partial charge in [0.1, 0.15) is 0 Å². The van der Waals surface area contributed by atoms with Gasteiger partial charge in [-0.15, -0.1) is 10.2 Å². The maximum Gasteiger partial charge on any atom is 0.308 e. The monoisotopic (exact) mass is 364 g/mol. The number of tetrazole rings is 1. The summed E-state index contributed by atoms with van der Waals surface area (Å²) in [7, 11) is 0. The summed E-state index contributed by atoms with van der Waals surface area (Å²) in [5.74, 6) is -1.86. The fourth-order valence-corrected chi connectivity index (χ4v) is 3.46. The molecule has 0 unspecified atom stereocenters. The van der Waals surface area contributed by atoms with Crippen LogP contribution in [0.4, 0.5) is 0 Å². The van der Waals surface area contributed by atoms with E-state index in [1.165, 1.54) is 0 Å². The fourth-order valence-electron chi connectivity index (χ4n) is 3.46. The molecule has 3 aromatic rings. The van der Waals surface area contributed by atoms with E-state index in [1.807, 2.05) is 6.07 Å². The van der Waals surface area contributed by atoms with Gasteiger partial charge in [-0.05, 0) is 22.9 Å². The van der Waals surface area contributed by atoms with Crippen molar-refractivity contribution in [1.82, 2.24) is 30.5 Å². The number of carbonyl (C=O) groups is 2. The van der Waals surface area contributed by atoms with Crippen molar-refractivity contribution >= 4 is 11.9 Å². The number of nitrogens with one attached hydrogen (secondary N) is 1. The molecule has 0 bridgehead atoms. The lowest BCUT2D eigenvalue weighted by Crippen LogP contribution is -2.30. The number of benzene rings is 1. The number of aromatic amines is 1. The summed E-state index contributed by atoms with van der Waals surface area (Å²) in [6.07, 6.45) is 3.29. The lowest BCUT2D eigenvalue weighted by molar-refractivity contribution is -0.141. The van der Waals surface area contributed by atoms with Gasteiger partial charge in [0.2, 0.25) is 5.82 Å². The maximum absolute atomic E-state index is 13.1. The molecular weight excluding hydrogens is 348 g/mol. The third kappa shape index (κ3) is 3.14. The highest BCUT2D eigenvalue weighted by molar-refractivity contribution is 6.00. The Balaban J connectivity index is 1.65. The van der Waals surface area contributed by atoms with Gasteiger partial charge < -0.3 is 10.0 Å². The molecular formula is C18H16N6O3. The highest BCUT2D eigenvalue weighted by Crippen LogP contribution is 2.34. The second-order valence-electron chi connectivity index (χ2n) is 6.33. The number of aliphatic carboxylic acids is 1. The molecule has 2 aromatic heterocycles. The molecule has 1 aromatic carbocycles. The first-order chi connectivity index (χ1) is 13.1. The van der Waals surface area contributed by atoms with Crippen molar-refractivity contribution in [1.29, 1.82) is 0 Å². The van der Waals surface area contributed by atoms with E-state index >= 15 is 0 Å². The van der Waals surface area contributed by atoms with Gasteiger partial charge in [-0.2, -0.15) is 5.21 Å². The van der Waals surface area contributed by atoms with Crippen LogP contribution in [-0.2, 0) is 4.79 Å². The summed E-state index contributed by atoms with van der Waals surface area (Å²) in [6.45, 7) is 0.441. The lowest BCUT2D eigenvalue weighted by atomic mass is 9.90. The summed E-state index contributed by atoms with van der Waals surface area (Å²) in [5.41, 5.74) is 1.77. The molecule has 1 aliphatic rings. The minimum atomic E-state index is -0.925. The standard InChI is InChI=1S/C18H16N6O3/c25-17(13-6-2-1-5-12(13)16-20-22-23-21-16)24-9-14(15(10-24)18(26)27)11-4-3-7-19-8-11/h1-8,14-15H,9-10H2,(H,26,27)(H,20,21,22,23)/t14-,15+/m0/s1. The highest BCUT2D eigenvalue weighted by atomic mass is 16.4. The average Bonchev–Trinajstić information content (AvgIpc) is 3.38. The minimum Gasteiger partial charge on any atom is -0.481 e. The summed E-state index contributed by atoms with van der Waals surface area (Å²) in [5, 5.41) is 23.4. The average molecular weight is 364 g/mol. The number of carboxylic acid groups (broad SMARTS) is 1. The molecule has 9 nitrogen and oxygen atoms in total. The van der Waals surface area contributed by atoms with Gasteiger partial charge in [0.15, 0.2) is 0 Å². The van der Waals surface area contributed by atoms with Crippen LogP contribution in [0, 0.1) is 5.92 Å². The number of carboxylic acids is 1. The van der Waals surface area contributed by atoms with E-state index in [0.717, 1.165) is 5.56 Å². The van der Waals surface area contributed by atoms with Crippen LogP contribution in [0.2, 0.25) is 0 Å². The van der Waals surface area contributed by atoms with E-state index in [9.17, 15) is 14.7 Å². The van der Waals surface area contributed by atoms with E-state index in [2.05, 4.69) is 25.6 Å². The number of rotatable bonds is 4. The first-order valence-electron chi connectivity index (χ1n) is 8.40. The number of pyridine rings is 1. The van der Waals surface area contributed by atoms with Gasteiger partial charge in [-0.1, -0.05) is 24.3 Å². The van der Waals surface area contributed by atoms with Gasteiger partial charge in [0, 0.05) is 37.0 Å². The second-order valence-corrected chi connectivity index (χ2v) is 6.33. The Kier molecular flexibility index (Phi) is 4.33. The molecule has 0 aliphatic carbocycles. The first-order valence-corrected chi connectivity index (χ1v) is 8.40. The molecule has 9 heteroatoms. The zero-order valence-electron chi connectivity index (χ0n) is 14.2. The zero-order chi connectivity index (χ0) is 18.8. The number of amides is 1. The summed E-state index contributed by atoms with van der Waals surface area (Å²) in [6, 6.07) is 10.6. The van der Waals surface area contributed by atoms with Crippen LogP contribution in [0.15, 0.2) is 48.8 Å². The second kappa shape index (κ2) is 6.94. The van der Waals surface area contributed by atoms with Crippen LogP contribution in [0.1, 0.15) is 21.8 Å². The van der Waals surface area contributed by atoms with Gasteiger partial charge in [0.25, 0.3) is 5.91 Å². The van der Waals surface area contributed by atoms with E-state index in [1.54, 1.807) is 47.6 Å². The first kappa shape index (κ1) is 16.8. The van der Waals surface area contributed by atoms with Gasteiger partial charge >= 0.3 is 5.97 Å². The molecule has 0 saturated carbocycles. The predicted octanol–water partition coefficient (Wildman–Crippen LogP) is 1.20. The molecule has 0 spiro atoms. The van der Waals surface area contributed by atoms with Crippen molar-refractivity contribution in [3.05, 3.63) is 59.9 Å². The van der Waals surface area contributed by atoms with Gasteiger partial charge in [-0.3, -0.25) is 14.6 Å². The van der Waals surface area contributed by atoms with Crippen molar-refractivity contribution < 1.29 is 14.7 Å². The topological polar surface area (TPSA) is 125 Å². The number of nitrogens with zero attached hydrogens (tertiary/aromatic N) is 5. The molecule has 2 atom stereocenters. The van der Waals surface area contributed by atoms with Crippen molar-refractivity contribution in [2.75, 3.05) is 13.1 Å². The summed E-state index contributed by atoms with van der Waals surface area (Å²) in [4.78, 5) is 30.5. The number of likely N-dealkylation sites (tertiary alicyclic amines) is 1. The fraction of sp³-hybridized carbons (Fsp3) is 0.222. The summed E-state index contributed by atoms with van der Waals surface area (Å²) < 4.78 is 0. The number of carbonyl (C=O) groups excluding carboxylic acids is 1. The largest absolute Gasteiger partial charge is 0.481 e. The van der Waals surface area contributed by atoms with Crippen molar-refractivity contribution in [3.63, 3.8) is 0 Å². The van der Waals surface area contributed by atoms with Crippen LogP contribution in [-0.4, -0.2) is 60.6 Å². The lowest BCUT2D eigenvalue weighted by Gasteiger charge is -2.17. The molecule has 136 valence electrons. The smallest absolute Gasteiger partial charge is 0.308 e. The van der Waals surface area contributed by atoms with Crippen LogP contribution in [0.25, 0.3) is 11.4 Å². The Morgan fingerprint density at radius 1 is 1.15 bits per heavy atom. The summed E-state index contributed by atoms with van der Waals surface area (Å²) >= 11 is 0. The Labute approximate surface area is 154 Å². The molecule has 0 radical (unpaired) electrons. The van der Waals surface area contributed by atoms with E-state index in [-0.39, 0.29) is 18.4 Å². The van der Waals surface area contributed by atoms with E-state index < -0.39 is 11.9 Å². The molecule has 1 amide bonds. The molecule has 2 N–H and O–H groups in total. The Hall–Kier alpha value is -3.62. The molecule has 1 aliphatic heterocycles. The predicted molar refractivity (Wildman–Crippen MR) is 93.6 cm³/mol. The molecule has 27 heavy (non-hydrogen) atoms. The van der Waals surface area contributed by atoms with Crippen molar-refractivity contribution in [3.8, 4) is 11.4 Å². The molecule has 4 rings (SSSR count). The van der Waals surface area contributed by atoms with Crippen LogP contribution in [0.5, 0.6) is 0 Å². The Bertz CT molecular complexity index is 960.